The Bertz CT molecular complexity index is 607. The molecule has 2 aliphatic heterocycles. The standard InChI is InChI=1S/C18H24N2O3/c1-4-18(2,3)13-5-7-14(8-6-13)22-12-15-11-20-10-9-16(21)19-17(20)23-15/h5-10,15-16,21H,4,11-12H2,1-3H3. The van der Waals surface area contributed by atoms with Crippen molar-refractivity contribution in [1.82, 2.24) is 4.90 Å². The minimum Gasteiger partial charge on any atom is -0.490 e. The molecule has 0 saturated carbocycles. The summed E-state index contributed by atoms with van der Waals surface area (Å²) < 4.78 is 11.5. The van der Waals surface area contributed by atoms with Gasteiger partial charge in [-0.1, -0.05) is 32.9 Å². The average Bonchev–Trinajstić information content (AvgIpc) is 2.95. The highest BCUT2D eigenvalue weighted by Gasteiger charge is 2.31. The number of hydrogen-bond donors (Lipinski definition) is 1. The van der Waals surface area contributed by atoms with E-state index in [1.165, 1.54) is 5.56 Å². The van der Waals surface area contributed by atoms with E-state index in [0.717, 1.165) is 12.2 Å². The molecule has 0 amide bonds. The summed E-state index contributed by atoms with van der Waals surface area (Å²) in [6.45, 7) is 7.83. The first-order valence-corrected chi connectivity index (χ1v) is 8.09. The molecular formula is C18H24N2O3. The van der Waals surface area contributed by atoms with Gasteiger partial charge in [0.2, 0.25) is 0 Å². The molecule has 0 radical (unpaired) electrons. The Balaban J connectivity index is 1.55. The lowest BCUT2D eigenvalue weighted by molar-refractivity contribution is 0.143. The normalized spacial score (nSPS) is 23.3. The van der Waals surface area contributed by atoms with E-state index in [2.05, 4.69) is 37.9 Å². The third kappa shape index (κ3) is 3.50. The maximum Gasteiger partial charge on any atom is 0.294 e. The molecule has 5 nitrogen and oxygen atoms in total. The number of aliphatic hydroxyl groups excluding tert-OH is 1. The minimum absolute atomic E-state index is 0.0875. The van der Waals surface area contributed by atoms with Crippen LogP contribution < -0.4 is 4.74 Å². The summed E-state index contributed by atoms with van der Waals surface area (Å²) in [6, 6.07) is 8.74. The van der Waals surface area contributed by atoms with Crippen molar-refractivity contribution in [3.8, 4) is 5.75 Å². The molecule has 1 saturated heterocycles. The van der Waals surface area contributed by atoms with Gasteiger partial charge in [0.05, 0.1) is 6.54 Å². The predicted octanol–water partition coefficient (Wildman–Crippen LogP) is 2.66. The van der Waals surface area contributed by atoms with Crippen molar-refractivity contribution in [2.24, 2.45) is 4.99 Å². The van der Waals surface area contributed by atoms with Gasteiger partial charge in [0, 0.05) is 6.20 Å². The molecule has 0 bridgehead atoms. The van der Waals surface area contributed by atoms with E-state index in [0.29, 0.717) is 19.2 Å². The molecule has 2 unspecified atom stereocenters. The van der Waals surface area contributed by atoms with Gasteiger partial charge >= 0.3 is 0 Å². The zero-order valence-electron chi connectivity index (χ0n) is 13.9. The number of rotatable bonds is 5. The highest BCUT2D eigenvalue weighted by molar-refractivity contribution is 5.78. The van der Waals surface area contributed by atoms with Gasteiger partial charge in [0.1, 0.15) is 12.4 Å². The number of aliphatic hydroxyl groups is 1. The summed E-state index contributed by atoms with van der Waals surface area (Å²) in [6.07, 6.45) is 3.63. The Morgan fingerprint density at radius 2 is 2.09 bits per heavy atom. The Morgan fingerprint density at radius 3 is 2.78 bits per heavy atom. The van der Waals surface area contributed by atoms with Crippen LogP contribution in [0.1, 0.15) is 32.8 Å². The number of hydrogen-bond acceptors (Lipinski definition) is 5. The molecule has 0 spiro atoms. The van der Waals surface area contributed by atoms with E-state index in [1.54, 1.807) is 12.3 Å². The van der Waals surface area contributed by atoms with Crippen LogP contribution in [0, 0.1) is 0 Å². The second-order valence-corrected chi connectivity index (χ2v) is 6.63. The zero-order chi connectivity index (χ0) is 16.4. The van der Waals surface area contributed by atoms with E-state index in [9.17, 15) is 5.11 Å². The molecule has 0 aliphatic carbocycles. The second-order valence-electron chi connectivity index (χ2n) is 6.63. The molecular weight excluding hydrogens is 292 g/mol. The molecule has 1 aromatic carbocycles. The molecule has 1 fully saturated rings. The highest BCUT2D eigenvalue weighted by Crippen LogP contribution is 2.28. The molecule has 1 aromatic rings. The number of benzene rings is 1. The van der Waals surface area contributed by atoms with Crippen molar-refractivity contribution < 1.29 is 14.6 Å². The van der Waals surface area contributed by atoms with Crippen molar-refractivity contribution in [2.45, 2.75) is 44.9 Å². The molecule has 2 atom stereocenters. The molecule has 2 aliphatic rings. The lowest BCUT2D eigenvalue weighted by Crippen LogP contribution is -2.26. The van der Waals surface area contributed by atoms with Gasteiger partial charge in [0.15, 0.2) is 12.3 Å². The SMILES string of the molecule is CCC(C)(C)c1ccc(OCC2CN3C=CC(O)N=C3O2)cc1. The molecule has 23 heavy (non-hydrogen) atoms. The van der Waals surface area contributed by atoms with E-state index in [4.69, 9.17) is 9.47 Å². The van der Waals surface area contributed by atoms with Gasteiger partial charge in [-0.25, -0.2) is 0 Å². The van der Waals surface area contributed by atoms with Crippen molar-refractivity contribution >= 4 is 6.02 Å². The minimum atomic E-state index is -0.810. The summed E-state index contributed by atoms with van der Waals surface area (Å²) >= 11 is 0. The summed E-state index contributed by atoms with van der Waals surface area (Å²) in [5.74, 6) is 0.839. The lowest BCUT2D eigenvalue weighted by Gasteiger charge is -2.23. The van der Waals surface area contributed by atoms with Crippen LogP contribution in [0.2, 0.25) is 0 Å². The third-order valence-electron chi connectivity index (χ3n) is 4.55. The first-order valence-electron chi connectivity index (χ1n) is 8.09. The molecule has 1 N–H and O–H groups in total. The maximum atomic E-state index is 9.45. The first-order chi connectivity index (χ1) is 11.0. The van der Waals surface area contributed by atoms with Crippen molar-refractivity contribution in [2.75, 3.05) is 13.2 Å². The monoisotopic (exact) mass is 316 g/mol. The second kappa shape index (κ2) is 6.24. The summed E-state index contributed by atoms with van der Waals surface area (Å²) in [5.41, 5.74) is 1.50. The predicted molar refractivity (Wildman–Crippen MR) is 89.4 cm³/mol. The maximum absolute atomic E-state index is 9.45. The number of nitrogens with zero attached hydrogens (tertiary/aromatic N) is 2. The van der Waals surface area contributed by atoms with Crippen molar-refractivity contribution in [3.05, 3.63) is 42.1 Å². The fourth-order valence-corrected chi connectivity index (χ4v) is 2.60. The fraction of sp³-hybridized carbons (Fsp3) is 0.500. The lowest BCUT2D eigenvalue weighted by atomic mass is 9.82. The van der Waals surface area contributed by atoms with Gasteiger partial charge < -0.3 is 14.6 Å². The number of aliphatic imine (C=N–C) groups is 1. The number of amidine groups is 1. The quantitative estimate of drug-likeness (QED) is 0.907. The molecule has 3 rings (SSSR count). The Morgan fingerprint density at radius 1 is 1.35 bits per heavy atom. The van der Waals surface area contributed by atoms with Gasteiger partial charge in [-0.2, -0.15) is 4.99 Å². The summed E-state index contributed by atoms with van der Waals surface area (Å²) in [7, 11) is 0. The van der Waals surface area contributed by atoms with E-state index < -0.39 is 6.23 Å². The topological polar surface area (TPSA) is 54.3 Å². The van der Waals surface area contributed by atoms with Crippen LogP contribution in [0.15, 0.2) is 41.5 Å². The van der Waals surface area contributed by atoms with Gasteiger partial charge in [-0.3, -0.25) is 4.90 Å². The zero-order valence-corrected chi connectivity index (χ0v) is 13.9. The summed E-state index contributed by atoms with van der Waals surface area (Å²) in [4.78, 5) is 5.91. The molecule has 124 valence electrons. The first kappa shape index (κ1) is 15.9. The summed E-state index contributed by atoms with van der Waals surface area (Å²) in [5, 5.41) is 9.45. The van der Waals surface area contributed by atoms with E-state index >= 15 is 0 Å². The molecule has 0 aromatic heterocycles. The Hall–Kier alpha value is -2.01. The van der Waals surface area contributed by atoms with Crippen LogP contribution in [0.5, 0.6) is 5.75 Å². The Labute approximate surface area is 137 Å². The van der Waals surface area contributed by atoms with Gasteiger partial charge in [-0.05, 0) is 35.6 Å². The molecule has 2 heterocycles. The van der Waals surface area contributed by atoms with Gasteiger partial charge in [-0.15, -0.1) is 0 Å². The average molecular weight is 316 g/mol. The fourth-order valence-electron chi connectivity index (χ4n) is 2.60. The van der Waals surface area contributed by atoms with Crippen LogP contribution in [-0.4, -0.2) is 41.5 Å². The number of ether oxygens (including phenoxy) is 2. The largest absolute Gasteiger partial charge is 0.490 e. The van der Waals surface area contributed by atoms with Crippen LogP contribution >= 0.6 is 0 Å². The van der Waals surface area contributed by atoms with E-state index in [1.807, 2.05) is 17.0 Å². The van der Waals surface area contributed by atoms with Crippen LogP contribution in [0.4, 0.5) is 0 Å². The van der Waals surface area contributed by atoms with Crippen LogP contribution in [0.3, 0.4) is 0 Å². The molecule has 5 heteroatoms. The van der Waals surface area contributed by atoms with Crippen LogP contribution in [0.25, 0.3) is 0 Å². The van der Waals surface area contributed by atoms with E-state index in [-0.39, 0.29) is 11.5 Å². The van der Waals surface area contributed by atoms with Crippen molar-refractivity contribution in [3.63, 3.8) is 0 Å². The smallest absolute Gasteiger partial charge is 0.294 e. The third-order valence-corrected chi connectivity index (χ3v) is 4.55. The van der Waals surface area contributed by atoms with Gasteiger partial charge in [0.25, 0.3) is 6.02 Å². The van der Waals surface area contributed by atoms with Crippen LogP contribution in [-0.2, 0) is 10.2 Å². The Kier molecular flexibility index (Phi) is 4.31. The van der Waals surface area contributed by atoms with Crippen molar-refractivity contribution in [1.29, 1.82) is 0 Å². The highest BCUT2D eigenvalue weighted by atomic mass is 16.6. The number of fused-ring (bicyclic) bond motifs is 1.